The van der Waals surface area contributed by atoms with Crippen molar-refractivity contribution in [3.63, 3.8) is 0 Å². The molecule has 2 aliphatic carbocycles. The Morgan fingerprint density at radius 2 is 1.82 bits per heavy atom. The molecule has 2 N–H and O–H groups in total. The van der Waals surface area contributed by atoms with Gasteiger partial charge in [0.25, 0.3) is 0 Å². The molecule has 7 nitrogen and oxygen atoms in total. The van der Waals surface area contributed by atoms with E-state index in [9.17, 15) is 9.90 Å². The van der Waals surface area contributed by atoms with Crippen molar-refractivity contribution >= 4 is 28.1 Å². The molecule has 1 saturated carbocycles. The van der Waals surface area contributed by atoms with Gasteiger partial charge in [-0.2, -0.15) is 0 Å². The lowest BCUT2D eigenvalue weighted by Crippen LogP contribution is -2.47. The highest BCUT2D eigenvalue weighted by molar-refractivity contribution is 6.28. The molecule has 0 radical (unpaired) electrons. The van der Waals surface area contributed by atoms with E-state index < -0.39 is 0 Å². The van der Waals surface area contributed by atoms with E-state index in [1.807, 2.05) is 24.3 Å². The number of hydrogen-bond acceptors (Lipinski definition) is 7. The van der Waals surface area contributed by atoms with Crippen LogP contribution in [-0.4, -0.2) is 66.3 Å². The van der Waals surface area contributed by atoms with E-state index in [0.29, 0.717) is 29.5 Å². The summed E-state index contributed by atoms with van der Waals surface area (Å²) in [5.41, 5.74) is 4.91. The number of carbonyl (C=O) groups is 1. The molecule has 2 fully saturated rings. The number of piperazine rings is 1. The maximum absolute atomic E-state index is 13.7. The van der Waals surface area contributed by atoms with Gasteiger partial charge in [0, 0.05) is 55.6 Å². The zero-order chi connectivity index (χ0) is 22.4. The highest BCUT2D eigenvalue weighted by Gasteiger charge is 2.34. The van der Waals surface area contributed by atoms with Gasteiger partial charge in [0.2, 0.25) is 0 Å². The van der Waals surface area contributed by atoms with Gasteiger partial charge in [-0.25, -0.2) is 0 Å². The lowest BCUT2D eigenvalue weighted by Gasteiger charge is -2.36. The van der Waals surface area contributed by atoms with Crippen LogP contribution in [-0.2, 0) is 0 Å². The maximum Gasteiger partial charge on any atom is 0.196 e. The average molecular weight is 447 g/mol. The second-order valence-electron chi connectivity index (χ2n) is 9.46. The van der Waals surface area contributed by atoms with E-state index in [0.717, 1.165) is 66.9 Å². The number of fused-ring (bicyclic) bond motifs is 2. The van der Waals surface area contributed by atoms with E-state index in [4.69, 9.17) is 4.52 Å². The molecular formula is C26H30N4O3. The van der Waals surface area contributed by atoms with Crippen LogP contribution in [0.1, 0.15) is 48.0 Å². The number of hydrogen-bond donors (Lipinski definition) is 2. The van der Waals surface area contributed by atoms with Crippen LogP contribution in [0.15, 0.2) is 34.9 Å². The summed E-state index contributed by atoms with van der Waals surface area (Å²) in [5, 5.41) is 18.4. The molecule has 0 atom stereocenters. The molecule has 0 amide bonds. The van der Waals surface area contributed by atoms with E-state index in [1.165, 1.54) is 19.3 Å². The van der Waals surface area contributed by atoms with Crippen molar-refractivity contribution in [2.75, 3.05) is 49.5 Å². The van der Waals surface area contributed by atoms with Crippen LogP contribution in [0, 0.1) is 0 Å². The maximum atomic E-state index is 13.7. The zero-order valence-corrected chi connectivity index (χ0v) is 18.8. The zero-order valence-electron chi connectivity index (χ0n) is 18.8. The van der Waals surface area contributed by atoms with Crippen molar-refractivity contribution in [3.8, 4) is 11.3 Å². The number of anilines is 2. The average Bonchev–Trinajstić information content (AvgIpc) is 3.30. The molecule has 172 valence electrons. The number of aromatic nitrogens is 1. The number of nitrogens with zero attached hydrogens (tertiary/aromatic N) is 3. The Hall–Kier alpha value is -2.90. The molecule has 0 unspecified atom stereocenters. The fourth-order valence-corrected chi connectivity index (χ4v) is 5.72. The molecule has 1 aromatic heterocycles. The number of aliphatic hydroxyl groups excluding tert-OH is 1. The van der Waals surface area contributed by atoms with Crippen molar-refractivity contribution < 1.29 is 14.4 Å². The summed E-state index contributed by atoms with van der Waals surface area (Å²) in [6.07, 6.45) is 6.01. The summed E-state index contributed by atoms with van der Waals surface area (Å²) in [7, 11) is 0. The number of ketones is 1. The van der Waals surface area contributed by atoms with Gasteiger partial charge < -0.3 is 19.8 Å². The van der Waals surface area contributed by atoms with Gasteiger partial charge in [0.1, 0.15) is 5.52 Å². The lowest BCUT2D eigenvalue weighted by molar-refractivity contribution is 0.104. The first kappa shape index (κ1) is 20.7. The quantitative estimate of drug-likeness (QED) is 0.481. The summed E-state index contributed by atoms with van der Waals surface area (Å²) >= 11 is 0. The van der Waals surface area contributed by atoms with Crippen LogP contribution in [0.25, 0.3) is 22.2 Å². The normalized spacial score (nSPS) is 19.2. The minimum Gasteiger partial charge on any atom is -0.395 e. The summed E-state index contributed by atoms with van der Waals surface area (Å²) < 4.78 is 5.91. The van der Waals surface area contributed by atoms with Crippen LogP contribution >= 0.6 is 0 Å². The van der Waals surface area contributed by atoms with Crippen LogP contribution in [0.5, 0.6) is 0 Å². The molecule has 2 aromatic carbocycles. The minimum absolute atomic E-state index is 0.0453. The Labute approximate surface area is 193 Å². The number of aliphatic hydroxyl groups is 1. The predicted octanol–water partition coefficient (Wildman–Crippen LogP) is 3.90. The summed E-state index contributed by atoms with van der Waals surface area (Å²) in [5.74, 6) is 0.742. The Morgan fingerprint density at radius 1 is 1.06 bits per heavy atom. The second-order valence-corrected chi connectivity index (χ2v) is 9.46. The van der Waals surface area contributed by atoms with Crippen molar-refractivity contribution in [2.45, 2.75) is 38.1 Å². The standard InChI is InChI=1S/C26H30N4O3/c31-15-14-29-10-12-30(13-11-29)21-16-20(27-17-6-2-1-3-7-17)22-23-24(21)28-33-26(23)19-9-5-4-8-18(19)25(22)32/h4-5,8-9,16-17,27,31H,1-3,6-7,10-15H2. The van der Waals surface area contributed by atoms with Gasteiger partial charge in [0.15, 0.2) is 11.5 Å². The number of β-amino-alcohol motifs (C(OH)–C–C–N with tert-alkyl or cyclic N) is 1. The summed E-state index contributed by atoms with van der Waals surface area (Å²) in [6.45, 7) is 4.37. The number of benzene rings is 2. The van der Waals surface area contributed by atoms with E-state index in [2.05, 4.69) is 26.3 Å². The van der Waals surface area contributed by atoms with E-state index >= 15 is 0 Å². The first-order chi connectivity index (χ1) is 16.2. The van der Waals surface area contributed by atoms with Crippen molar-refractivity contribution in [3.05, 3.63) is 41.5 Å². The Morgan fingerprint density at radius 3 is 2.58 bits per heavy atom. The first-order valence-corrected chi connectivity index (χ1v) is 12.2. The van der Waals surface area contributed by atoms with E-state index in [-0.39, 0.29) is 12.4 Å². The third kappa shape index (κ3) is 3.50. The molecule has 1 aliphatic heterocycles. The smallest absolute Gasteiger partial charge is 0.196 e. The second kappa shape index (κ2) is 8.47. The van der Waals surface area contributed by atoms with Crippen molar-refractivity contribution in [2.24, 2.45) is 0 Å². The molecule has 7 heteroatoms. The third-order valence-corrected chi connectivity index (χ3v) is 7.47. The van der Waals surface area contributed by atoms with Gasteiger partial charge in [-0.3, -0.25) is 9.69 Å². The van der Waals surface area contributed by atoms with Gasteiger partial charge in [-0.1, -0.05) is 48.7 Å². The molecule has 3 aromatic rings. The number of nitrogens with one attached hydrogen (secondary N) is 1. The SMILES string of the molecule is O=C1c2ccccc2-c2onc3c(N4CCN(CCO)CC4)cc(NC4CCCCC4)c1c23. The monoisotopic (exact) mass is 446 g/mol. The van der Waals surface area contributed by atoms with E-state index in [1.54, 1.807) is 0 Å². The topological polar surface area (TPSA) is 81.8 Å². The van der Waals surface area contributed by atoms with Gasteiger partial charge in [-0.15, -0.1) is 0 Å². The highest BCUT2D eigenvalue weighted by atomic mass is 16.5. The van der Waals surface area contributed by atoms with Crippen molar-refractivity contribution in [1.29, 1.82) is 0 Å². The van der Waals surface area contributed by atoms with Crippen LogP contribution < -0.4 is 10.2 Å². The summed E-state index contributed by atoms with van der Waals surface area (Å²) in [4.78, 5) is 18.3. The predicted molar refractivity (Wildman–Crippen MR) is 129 cm³/mol. The number of carbonyl (C=O) groups excluding carboxylic acids is 1. The minimum atomic E-state index is 0.0453. The highest BCUT2D eigenvalue weighted by Crippen LogP contribution is 2.46. The fraction of sp³-hybridized carbons (Fsp3) is 0.462. The molecule has 0 bridgehead atoms. The van der Waals surface area contributed by atoms with Crippen LogP contribution in [0.2, 0.25) is 0 Å². The molecule has 0 spiro atoms. The molecular weight excluding hydrogens is 416 g/mol. The van der Waals surface area contributed by atoms with Crippen molar-refractivity contribution in [1.82, 2.24) is 10.1 Å². The molecule has 3 aliphatic rings. The van der Waals surface area contributed by atoms with Gasteiger partial charge in [-0.05, 0) is 18.9 Å². The van der Waals surface area contributed by atoms with Crippen LogP contribution in [0.3, 0.4) is 0 Å². The fourth-order valence-electron chi connectivity index (χ4n) is 5.72. The van der Waals surface area contributed by atoms with Gasteiger partial charge >= 0.3 is 0 Å². The third-order valence-electron chi connectivity index (χ3n) is 7.47. The molecule has 2 heterocycles. The Balaban J connectivity index is 1.47. The van der Waals surface area contributed by atoms with Gasteiger partial charge in [0.05, 0.1) is 23.2 Å². The Kier molecular flexibility index (Phi) is 5.31. The molecule has 33 heavy (non-hydrogen) atoms. The lowest BCUT2D eigenvalue weighted by atomic mass is 9.85. The molecule has 6 rings (SSSR count). The number of rotatable bonds is 5. The first-order valence-electron chi connectivity index (χ1n) is 12.2. The largest absolute Gasteiger partial charge is 0.395 e. The summed E-state index contributed by atoms with van der Waals surface area (Å²) in [6, 6.07) is 10.2. The Bertz CT molecular complexity index is 1190. The van der Waals surface area contributed by atoms with Crippen LogP contribution in [0.4, 0.5) is 11.4 Å². The molecule has 1 saturated heterocycles.